The van der Waals surface area contributed by atoms with Crippen LogP contribution in [0.3, 0.4) is 0 Å². The predicted octanol–water partition coefficient (Wildman–Crippen LogP) is 9.18. The molecule has 0 heterocycles. The number of rotatable bonds is 9. The van der Waals surface area contributed by atoms with E-state index in [0.29, 0.717) is 0 Å². The van der Waals surface area contributed by atoms with E-state index in [1.165, 1.54) is 38.5 Å². The van der Waals surface area contributed by atoms with Gasteiger partial charge in [0.1, 0.15) is 0 Å². The van der Waals surface area contributed by atoms with Gasteiger partial charge in [-0.2, -0.15) is 0 Å². The maximum absolute atomic E-state index is 2.40. The zero-order valence-electron chi connectivity index (χ0n) is 18.9. The summed E-state index contributed by atoms with van der Waals surface area (Å²) in [6.07, 6.45) is 29.2. The molecule has 3 fully saturated rings. The first kappa shape index (κ1) is 21.7. The van der Waals surface area contributed by atoms with Crippen molar-refractivity contribution in [3.63, 3.8) is 0 Å². The monoisotopic (exact) mass is 374 g/mol. The van der Waals surface area contributed by atoms with E-state index in [2.05, 4.69) is 13.8 Å². The SMILES string of the molecule is CCCCCCCC1CCCC(C2CCC(C3CCC(CC)CC3)CC2)C1. The van der Waals surface area contributed by atoms with Gasteiger partial charge < -0.3 is 0 Å². The Balaban J connectivity index is 1.34. The summed E-state index contributed by atoms with van der Waals surface area (Å²) >= 11 is 0. The highest BCUT2D eigenvalue weighted by molar-refractivity contribution is 4.86. The number of hydrogen-bond donors (Lipinski definition) is 0. The molecule has 0 saturated heterocycles. The maximum atomic E-state index is 2.40. The minimum absolute atomic E-state index is 1.07. The Bertz CT molecular complexity index is 369. The first-order valence-corrected chi connectivity index (χ1v) is 13.3. The van der Waals surface area contributed by atoms with Gasteiger partial charge in [0, 0.05) is 0 Å². The second-order valence-electron chi connectivity index (χ2n) is 10.9. The van der Waals surface area contributed by atoms with E-state index in [1.54, 1.807) is 83.5 Å². The number of unbranched alkanes of at least 4 members (excludes halogenated alkanes) is 4. The Labute approximate surface area is 171 Å². The Kier molecular flexibility index (Phi) is 9.54. The van der Waals surface area contributed by atoms with Crippen molar-refractivity contribution < 1.29 is 0 Å². The third-order valence-corrected chi connectivity index (χ3v) is 9.16. The van der Waals surface area contributed by atoms with Crippen molar-refractivity contribution in [3.05, 3.63) is 0 Å². The lowest BCUT2D eigenvalue weighted by Crippen LogP contribution is -2.30. The molecule has 2 atom stereocenters. The summed E-state index contributed by atoms with van der Waals surface area (Å²) in [5.41, 5.74) is 0. The Hall–Kier alpha value is 0. The van der Waals surface area contributed by atoms with Crippen LogP contribution in [0.1, 0.15) is 136 Å². The Morgan fingerprint density at radius 1 is 0.519 bits per heavy atom. The quantitative estimate of drug-likeness (QED) is 0.353. The van der Waals surface area contributed by atoms with Crippen LogP contribution in [-0.4, -0.2) is 0 Å². The average molecular weight is 375 g/mol. The van der Waals surface area contributed by atoms with Crippen LogP contribution >= 0.6 is 0 Å². The fourth-order valence-electron chi connectivity index (χ4n) is 7.22. The highest BCUT2D eigenvalue weighted by Gasteiger charge is 2.34. The smallest absolute Gasteiger partial charge is 0.0383 e. The van der Waals surface area contributed by atoms with Gasteiger partial charge in [0.2, 0.25) is 0 Å². The molecule has 27 heavy (non-hydrogen) atoms. The third-order valence-electron chi connectivity index (χ3n) is 9.16. The topological polar surface area (TPSA) is 0 Å². The van der Waals surface area contributed by atoms with Crippen LogP contribution in [0.5, 0.6) is 0 Å². The van der Waals surface area contributed by atoms with Crippen LogP contribution < -0.4 is 0 Å². The molecule has 0 aromatic heterocycles. The molecule has 0 heteroatoms. The first-order chi connectivity index (χ1) is 13.3. The second-order valence-corrected chi connectivity index (χ2v) is 10.9. The summed E-state index contributed by atoms with van der Waals surface area (Å²) in [7, 11) is 0. The molecule has 0 bridgehead atoms. The van der Waals surface area contributed by atoms with Gasteiger partial charge in [0.15, 0.2) is 0 Å². The molecule has 0 nitrogen and oxygen atoms in total. The third kappa shape index (κ3) is 6.78. The van der Waals surface area contributed by atoms with Crippen molar-refractivity contribution in [1.82, 2.24) is 0 Å². The summed E-state index contributed by atoms with van der Waals surface area (Å²) in [5.74, 6) is 6.59. The molecule has 0 radical (unpaired) electrons. The molecule has 0 aromatic rings. The van der Waals surface area contributed by atoms with Gasteiger partial charge in [-0.3, -0.25) is 0 Å². The van der Waals surface area contributed by atoms with Crippen molar-refractivity contribution in [2.45, 2.75) is 136 Å². The molecule has 0 aliphatic heterocycles. The summed E-state index contributed by atoms with van der Waals surface area (Å²) in [4.78, 5) is 0. The van der Waals surface area contributed by atoms with Gasteiger partial charge in [0.25, 0.3) is 0 Å². The molecule has 3 saturated carbocycles. The van der Waals surface area contributed by atoms with Crippen LogP contribution in [0.25, 0.3) is 0 Å². The molecule has 0 N–H and O–H groups in total. The van der Waals surface area contributed by atoms with Crippen molar-refractivity contribution >= 4 is 0 Å². The summed E-state index contributed by atoms with van der Waals surface area (Å²) in [6, 6.07) is 0. The van der Waals surface area contributed by atoms with Crippen LogP contribution in [0.15, 0.2) is 0 Å². The van der Waals surface area contributed by atoms with Gasteiger partial charge >= 0.3 is 0 Å². The van der Waals surface area contributed by atoms with Crippen LogP contribution in [0.2, 0.25) is 0 Å². The molecule has 2 unspecified atom stereocenters. The maximum Gasteiger partial charge on any atom is -0.0383 e. The molecule has 3 aliphatic carbocycles. The van der Waals surface area contributed by atoms with Gasteiger partial charge in [-0.15, -0.1) is 0 Å². The lowest BCUT2D eigenvalue weighted by molar-refractivity contribution is 0.0988. The largest absolute Gasteiger partial charge is 0.0654 e. The van der Waals surface area contributed by atoms with Crippen molar-refractivity contribution in [2.75, 3.05) is 0 Å². The Morgan fingerprint density at radius 3 is 1.74 bits per heavy atom. The van der Waals surface area contributed by atoms with Gasteiger partial charge in [-0.05, 0) is 80.5 Å². The van der Waals surface area contributed by atoms with E-state index in [1.807, 2.05) is 0 Å². The molecule has 0 aromatic carbocycles. The van der Waals surface area contributed by atoms with Gasteiger partial charge in [0.05, 0.1) is 0 Å². The van der Waals surface area contributed by atoms with Crippen LogP contribution in [0.4, 0.5) is 0 Å². The average Bonchev–Trinajstić information content (AvgIpc) is 2.74. The van der Waals surface area contributed by atoms with Crippen molar-refractivity contribution in [1.29, 1.82) is 0 Å². The second kappa shape index (κ2) is 11.9. The minimum atomic E-state index is 1.07. The van der Waals surface area contributed by atoms with Crippen molar-refractivity contribution in [2.24, 2.45) is 35.5 Å². The fourth-order valence-corrected chi connectivity index (χ4v) is 7.22. The first-order valence-electron chi connectivity index (χ1n) is 13.3. The summed E-state index contributed by atoms with van der Waals surface area (Å²) in [5, 5.41) is 0. The normalized spacial score (nSPS) is 38.0. The minimum Gasteiger partial charge on any atom is -0.0654 e. The molecule has 158 valence electrons. The van der Waals surface area contributed by atoms with E-state index in [9.17, 15) is 0 Å². The lowest BCUT2D eigenvalue weighted by Gasteiger charge is -2.41. The Morgan fingerprint density at radius 2 is 1.11 bits per heavy atom. The molecule has 3 rings (SSSR count). The van der Waals surface area contributed by atoms with E-state index in [4.69, 9.17) is 0 Å². The molecular weight excluding hydrogens is 324 g/mol. The van der Waals surface area contributed by atoms with Gasteiger partial charge in [-0.1, -0.05) is 90.9 Å². The highest BCUT2D eigenvalue weighted by atomic mass is 14.4. The zero-order valence-corrected chi connectivity index (χ0v) is 18.9. The molecule has 3 aliphatic rings. The molecule has 0 spiro atoms. The van der Waals surface area contributed by atoms with E-state index in [0.717, 1.165) is 35.5 Å². The van der Waals surface area contributed by atoms with Gasteiger partial charge in [-0.25, -0.2) is 0 Å². The predicted molar refractivity (Wildman–Crippen MR) is 120 cm³/mol. The van der Waals surface area contributed by atoms with Crippen LogP contribution in [-0.2, 0) is 0 Å². The van der Waals surface area contributed by atoms with Crippen LogP contribution in [0, 0.1) is 35.5 Å². The zero-order chi connectivity index (χ0) is 18.9. The summed E-state index contributed by atoms with van der Waals surface area (Å²) < 4.78 is 0. The van der Waals surface area contributed by atoms with E-state index in [-0.39, 0.29) is 0 Å². The summed E-state index contributed by atoms with van der Waals surface area (Å²) in [6.45, 7) is 4.73. The number of hydrogen-bond acceptors (Lipinski definition) is 0. The van der Waals surface area contributed by atoms with E-state index < -0.39 is 0 Å². The highest BCUT2D eigenvalue weighted by Crippen LogP contribution is 2.46. The molecule has 0 amide bonds. The van der Waals surface area contributed by atoms with Crippen molar-refractivity contribution in [3.8, 4) is 0 Å². The fraction of sp³-hybridized carbons (Fsp3) is 1.00. The lowest BCUT2D eigenvalue weighted by atomic mass is 9.64. The molecular formula is C27H50. The van der Waals surface area contributed by atoms with E-state index >= 15 is 0 Å². The standard InChI is InChI=1S/C27H50/c1-3-5-6-7-8-10-23-11-9-12-27(21-23)26-19-17-25(18-20-26)24-15-13-22(4-2)14-16-24/h22-27H,3-21H2,1-2H3.